The Morgan fingerprint density at radius 1 is 1.30 bits per heavy atom. The second kappa shape index (κ2) is 4.99. The molecule has 0 aromatic rings. The van der Waals surface area contributed by atoms with Gasteiger partial charge in [-0.2, -0.15) is 0 Å². The predicted octanol–water partition coefficient (Wildman–Crippen LogP) is 0.680. The third kappa shape index (κ3) is 5.30. The van der Waals surface area contributed by atoms with E-state index in [2.05, 4.69) is 6.58 Å². The Balaban J connectivity index is 0. The van der Waals surface area contributed by atoms with E-state index in [1.54, 1.807) is 0 Å². The number of aliphatic carboxylic acids is 2. The van der Waals surface area contributed by atoms with Gasteiger partial charge in [-0.1, -0.05) is 6.58 Å². The van der Waals surface area contributed by atoms with Gasteiger partial charge in [0.1, 0.15) is 0 Å². The van der Waals surface area contributed by atoms with Crippen molar-refractivity contribution in [1.29, 1.82) is 0 Å². The molecule has 0 unspecified atom stereocenters. The predicted molar refractivity (Wildman–Crippen MR) is 39.4 cm³/mol. The van der Waals surface area contributed by atoms with Gasteiger partial charge in [0, 0.05) is 5.57 Å². The van der Waals surface area contributed by atoms with Crippen LogP contribution in [0.25, 0.3) is 0 Å². The van der Waals surface area contributed by atoms with Gasteiger partial charge >= 0.3 is 11.9 Å². The van der Waals surface area contributed by atoms with E-state index in [1.165, 1.54) is 0 Å². The van der Waals surface area contributed by atoms with Crippen LogP contribution in [0.4, 0.5) is 0 Å². The molecule has 0 rings (SSSR count). The molecule has 0 fully saturated rings. The van der Waals surface area contributed by atoms with Gasteiger partial charge in [0.15, 0.2) is 0 Å². The molecule has 4 nitrogen and oxygen atoms in total. The first kappa shape index (κ1) is 11.9. The van der Waals surface area contributed by atoms with E-state index in [9.17, 15) is 9.59 Å². The minimum absolute atomic E-state index is 0. The van der Waals surface area contributed by atoms with Gasteiger partial charge in [-0.3, -0.25) is 4.79 Å². The number of carbonyl (C=O) groups is 2. The second-order valence-electron chi connectivity index (χ2n) is 1.48. The lowest BCUT2D eigenvalue weighted by Gasteiger charge is -1.91. The molecule has 0 heterocycles. The molecule has 0 aliphatic rings. The monoisotopic (exact) mass is 210 g/mol. The highest BCUT2D eigenvalue weighted by Crippen LogP contribution is 1.95. The van der Waals surface area contributed by atoms with Crippen molar-refractivity contribution in [2.75, 3.05) is 0 Å². The highest BCUT2D eigenvalue weighted by atomic mass is 79.9. The van der Waals surface area contributed by atoms with Crippen LogP contribution in [0, 0.1) is 0 Å². The molecule has 0 aliphatic heterocycles. The van der Waals surface area contributed by atoms with Crippen LogP contribution in [-0.2, 0) is 9.59 Å². The number of rotatable bonds is 3. The van der Waals surface area contributed by atoms with Crippen LogP contribution in [0.15, 0.2) is 12.2 Å². The summed E-state index contributed by atoms with van der Waals surface area (Å²) < 4.78 is 0. The first-order valence-corrected chi connectivity index (χ1v) is 2.17. The van der Waals surface area contributed by atoms with Gasteiger partial charge in [0.05, 0.1) is 6.42 Å². The van der Waals surface area contributed by atoms with Gasteiger partial charge in [0.25, 0.3) is 0 Å². The molecular weight excluding hydrogens is 204 g/mol. The maximum Gasteiger partial charge on any atom is 0.331 e. The number of carboxylic acid groups (broad SMARTS) is 2. The van der Waals surface area contributed by atoms with Gasteiger partial charge in [-0.15, -0.1) is 17.0 Å². The Hall–Kier alpha value is -0.840. The number of halogens is 1. The van der Waals surface area contributed by atoms with E-state index in [4.69, 9.17) is 10.2 Å². The fourth-order valence-electron chi connectivity index (χ4n) is 0.258. The molecule has 0 aromatic heterocycles. The molecule has 0 aliphatic carbocycles. The molecule has 0 spiro atoms. The van der Waals surface area contributed by atoms with Crippen LogP contribution < -0.4 is 0 Å². The molecule has 10 heavy (non-hydrogen) atoms. The molecule has 0 saturated heterocycles. The molecule has 0 bridgehead atoms. The molecule has 5 heteroatoms. The fourth-order valence-corrected chi connectivity index (χ4v) is 0.258. The van der Waals surface area contributed by atoms with E-state index in [0.717, 1.165) is 0 Å². The number of carboxylic acids is 2. The first-order chi connectivity index (χ1) is 4.04. The molecule has 0 atom stereocenters. The zero-order valence-electron chi connectivity index (χ0n) is 5.03. The second-order valence-corrected chi connectivity index (χ2v) is 1.48. The van der Waals surface area contributed by atoms with E-state index >= 15 is 0 Å². The Labute approximate surface area is 67.9 Å². The van der Waals surface area contributed by atoms with Crippen LogP contribution in [0.3, 0.4) is 0 Å². The van der Waals surface area contributed by atoms with Gasteiger partial charge in [-0.05, 0) is 0 Å². The van der Waals surface area contributed by atoms with Crippen molar-refractivity contribution in [1.82, 2.24) is 0 Å². The Morgan fingerprint density at radius 3 is 1.80 bits per heavy atom. The molecule has 0 radical (unpaired) electrons. The van der Waals surface area contributed by atoms with Crippen molar-refractivity contribution < 1.29 is 19.8 Å². The number of hydrogen-bond donors (Lipinski definition) is 2. The van der Waals surface area contributed by atoms with Crippen LogP contribution in [0.2, 0.25) is 0 Å². The largest absolute Gasteiger partial charge is 0.481 e. The third-order valence-corrected chi connectivity index (χ3v) is 0.667. The van der Waals surface area contributed by atoms with Crippen molar-refractivity contribution >= 4 is 28.9 Å². The topological polar surface area (TPSA) is 74.6 Å². The lowest BCUT2D eigenvalue weighted by molar-refractivity contribution is -0.139. The standard InChI is InChI=1S/C5H6O4.BrH/c1-3(5(8)9)2-4(6)7;/h1-2H2,(H,6,7)(H,8,9);1H. The fraction of sp³-hybridized carbons (Fsp3) is 0.200. The summed E-state index contributed by atoms with van der Waals surface area (Å²) in [6.45, 7) is 3.01. The van der Waals surface area contributed by atoms with Crippen molar-refractivity contribution in [2.24, 2.45) is 0 Å². The highest BCUT2D eigenvalue weighted by molar-refractivity contribution is 8.93. The minimum atomic E-state index is -1.27. The summed E-state index contributed by atoms with van der Waals surface area (Å²) in [5.41, 5.74) is -0.303. The summed E-state index contributed by atoms with van der Waals surface area (Å²) in [5, 5.41) is 16.1. The van der Waals surface area contributed by atoms with Crippen molar-refractivity contribution in [3.8, 4) is 0 Å². The zero-order chi connectivity index (χ0) is 7.44. The van der Waals surface area contributed by atoms with Crippen molar-refractivity contribution in [3.63, 3.8) is 0 Å². The maximum atomic E-state index is 9.87. The smallest absolute Gasteiger partial charge is 0.331 e. The highest BCUT2D eigenvalue weighted by Gasteiger charge is 2.07. The third-order valence-electron chi connectivity index (χ3n) is 0.667. The summed E-state index contributed by atoms with van der Waals surface area (Å²) in [6, 6.07) is 0. The maximum absolute atomic E-state index is 9.87. The lowest BCUT2D eigenvalue weighted by Crippen LogP contribution is -2.04. The van der Waals surface area contributed by atoms with E-state index < -0.39 is 18.4 Å². The molecule has 0 saturated carbocycles. The summed E-state index contributed by atoms with van der Waals surface area (Å²) >= 11 is 0. The summed E-state index contributed by atoms with van der Waals surface area (Å²) in [7, 11) is 0. The molecule has 0 amide bonds. The normalized spacial score (nSPS) is 7.60. The zero-order valence-corrected chi connectivity index (χ0v) is 6.75. The lowest BCUT2D eigenvalue weighted by atomic mass is 10.2. The summed E-state index contributed by atoms with van der Waals surface area (Å²) in [4.78, 5) is 19.7. The Bertz CT molecular complexity index is 163. The SMILES string of the molecule is Br.C=C(CC(=O)O)C(=O)O. The van der Waals surface area contributed by atoms with Crippen LogP contribution in [0.1, 0.15) is 6.42 Å². The van der Waals surface area contributed by atoms with Crippen LogP contribution in [-0.4, -0.2) is 22.2 Å². The van der Waals surface area contributed by atoms with Crippen molar-refractivity contribution in [2.45, 2.75) is 6.42 Å². The molecule has 58 valence electrons. The van der Waals surface area contributed by atoms with E-state index in [1.807, 2.05) is 0 Å². The average molecular weight is 211 g/mol. The van der Waals surface area contributed by atoms with E-state index in [-0.39, 0.29) is 22.6 Å². The first-order valence-electron chi connectivity index (χ1n) is 2.17. The summed E-state index contributed by atoms with van der Waals surface area (Å²) in [6.07, 6.45) is -0.505. The van der Waals surface area contributed by atoms with Crippen molar-refractivity contribution in [3.05, 3.63) is 12.2 Å². The quantitative estimate of drug-likeness (QED) is 0.673. The number of hydrogen-bond acceptors (Lipinski definition) is 2. The van der Waals surface area contributed by atoms with Crippen LogP contribution >= 0.6 is 17.0 Å². The molecular formula is C5H7BrO4. The van der Waals surface area contributed by atoms with Gasteiger partial charge in [-0.25, -0.2) is 4.79 Å². The Morgan fingerprint density at radius 2 is 1.70 bits per heavy atom. The summed E-state index contributed by atoms with van der Waals surface area (Å²) in [5.74, 6) is -2.44. The average Bonchev–Trinajstić information content (AvgIpc) is 1.63. The Kier molecular flexibility index (Phi) is 5.93. The molecule has 2 N–H and O–H groups in total. The minimum Gasteiger partial charge on any atom is -0.481 e. The molecule has 0 aromatic carbocycles. The van der Waals surface area contributed by atoms with Crippen LogP contribution in [0.5, 0.6) is 0 Å². The van der Waals surface area contributed by atoms with Gasteiger partial charge in [0.2, 0.25) is 0 Å². The van der Waals surface area contributed by atoms with Gasteiger partial charge < -0.3 is 10.2 Å². The van der Waals surface area contributed by atoms with E-state index in [0.29, 0.717) is 0 Å².